The summed E-state index contributed by atoms with van der Waals surface area (Å²) >= 11 is 5.82. The number of amides is 1. The molecule has 0 saturated carbocycles. The van der Waals surface area contributed by atoms with Crippen LogP contribution in [0.1, 0.15) is 23.3 Å². The first kappa shape index (κ1) is 15.8. The van der Waals surface area contributed by atoms with Crippen molar-refractivity contribution >= 4 is 17.5 Å². The van der Waals surface area contributed by atoms with Crippen molar-refractivity contribution in [1.82, 2.24) is 15.1 Å². The summed E-state index contributed by atoms with van der Waals surface area (Å²) < 4.78 is 12.6. The van der Waals surface area contributed by atoms with Crippen LogP contribution in [-0.2, 0) is 11.5 Å². The molecule has 1 unspecified atom stereocenters. The molecule has 6 nitrogen and oxygen atoms in total. The Morgan fingerprint density at radius 2 is 2.22 bits per heavy atom. The van der Waals surface area contributed by atoms with Crippen LogP contribution < -0.4 is 10.1 Å². The molecule has 0 aliphatic carbocycles. The van der Waals surface area contributed by atoms with Crippen molar-refractivity contribution in [1.29, 1.82) is 0 Å². The molecule has 23 heavy (non-hydrogen) atoms. The van der Waals surface area contributed by atoms with Crippen LogP contribution in [0.4, 0.5) is 0 Å². The summed E-state index contributed by atoms with van der Waals surface area (Å²) in [5.74, 6) is 0.486. The van der Waals surface area contributed by atoms with Gasteiger partial charge in [0.15, 0.2) is 6.73 Å². The molecule has 1 N–H and O–H groups in total. The van der Waals surface area contributed by atoms with Gasteiger partial charge in [0.25, 0.3) is 5.91 Å². The zero-order chi connectivity index (χ0) is 16.1. The third-order valence-corrected chi connectivity index (χ3v) is 3.82. The van der Waals surface area contributed by atoms with E-state index in [0.29, 0.717) is 23.0 Å². The van der Waals surface area contributed by atoms with Crippen molar-refractivity contribution in [2.45, 2.75) is 25.7 Å². The first-order valence-corrected chi connectivity index (χ1v) is 7.90. The molecule has 7 heteroatoms. The number of carbonyl (C=O) groups excluding carboxylic acids is 1. The van der Waals surface area contributed by atoms with Crippen LogP contribution in [-0.4, -0.2) is 34.9 Å². The Morgan fingerprint density at radius 3 is 2.96 bits per heavy atom. The number of hydrogen-bond donors (Lipinski definition) is 1. The number of aromatic nitrogens is 2. The lowest BCUT2D eigenvalue weighted by molar-refractivity contribution is 0.0852. The highest BCUT2D eigenvalue weighted by molar-refractivity contribution is 6.30. The maximum atomic E-state index is 12.0. The number of nitrogens with zero attached hydrogens (tertiary/aromatic N) is 2. The average Bonchev–Trinajstić information content (AvgIpc) is 3.24. The summed E-state index contributed by atoms with van der Waals surface area (Å²) in [6.45, 7) is 1.52. The second kappa shape index (κ2) is 7.48. The molecule has 0 radical (unpaired) electrons. The van der Waals surface area contributed by atoms with Crippen LogP contribution in [0, 0.1) is 0 Å². The van der Waals surface area contributed by atoms with E-state index in [0.717, 1.165) is 19.4 Å². The monoisotopic (exact) mass is 335 g/mol. The van der Waals surface area contributed by atoms with Gasteiger partial charge in [0.2, 0.25) is 0 Å². The highest BCUT2D eigenvalue weighted by atomic mass is 35.5. The minimum atomic E-state index is -0.203. The topological polar surface area (TPSA) is 65.4 Å². The lowest BCUT2D eigenvalue weighted by Crippen LogP contribution is -2.32. The van der Waals surface area contributed by atoms with Gasteiger partial charge in [0.05, 0.1) is 6.10 Å². The van der Waals surface area contributed by atoms with Gasteiger partial charge in [-0.2, -0.15) is 5.10 Å². The average molecular weight is 336 g/mol. The van der Waals surface area contributed by atoms with Gasteiger partial charge in [0, 0.05) is 24.4 Å². The second-order valence-corrected chi connectivity index (χ2v) is 5.75. The van der Waals surface area contributed by atoms with Crippen molar-refractivity contribution in [3.63, 3.8) is 0 Å². The number of ether oxygens (including phenoxy) is 2. The fourth-order valence-corrected chi connectivity index (χ4v) is 2.45. The Morgan fingerprint density at radius 1 is 1.39 bits per heavy atom. The molecule has 1 saturated heterocycles. The van der Waals surface area contributed by atoms with Gasteiger partial charge < -0.3 is 14.8 Å². The maximum Gasteiger partial charge on any atom is 0.271 e. The molecular formula is C16H18ClN3O3. The molecule has 1 amide bonds. The van der Waals surface area contributed by atoms with Crippen LogP contribution in [0.5, 0.6) is 5.75 Å². The first-order valence-electron chi connectivity index (χ1n) is 7.52. The van der Waals surface area contributed by atoms with E-state index in [2.05, 4.69) is 10.4 Å². The number of carbonyl (C=O) groups is 1. The summed E-state index contributed by atoms with van der Waals surface area (Å²) in [6.07, 6.45) is 3.87. The molecule has 1 aromatic heterocycles. The molecule has 1 aromatic carbocycles. The van der Waals surface area contributed by atoms with Gasteiger partial charge >= 0.3 is 0 Å². The molecule has 1 atom stereocenters. The molecule has 1 fully saturated rings. The van der Waals surface area contributed by atoms with Crippen LogP contribution in [0.3, 0.4) is 0 Å². The van der Waals surface area contributed by atoms with Gasteiger partial charge in [0.1, 0.15) is 11.4 Å². The van der Waals surface area contributed by atoms with Gasteiger partial charge in [-0.3, -0.25) is 4.79 Å². The highest BCUT2D eigenvalue weighted by Gasteiger charge is 2.17. The molecule has 1 aliphatic heterocycles. The standard InChI is InChI=1S/C16H18ClN3O3/c17-12-3-5-13(6-4-12)23-11-20-8-7-15(19-20)16(21)18-10-14-2-1-9-22-14/h3-8,14H,1-2,9-11H2,(H,18,21). The van der Waals surface area contributed by atoms with Crippen molar-refractivity contribution in [2.75, 3.05) is 13.2 Å². The van der Waals surface area contributed by atoms with Crippen LogP contribution >= 0.6 is 11.6 Å². The number of nitrogens with one attached hydrogen (secondary N) is 1. The number of rotatable bonds is 6. The van der Waals surface area contributed by atoms with E-state index in [1.807, 2.05) is 0 Å². The van der Waals surface area contributed by atoms with Crippen LogP contribution in [0.2, 0.25) is 5.02 Å². The zero-order valence-electron chi connectivity index (χ0n) is 12.6. The van der Waals surface area contributed by atoms with Crippen molar-refractivity contribution in [3.05, 3.63) is 47.2 Å². The lowest BCUT2D eigenvalue weighted by atomic mass is 10.2. The van der Waals surface area contributed by atoms with E-state index >= 15 is 0 Å². The predicted octanol–water partition coefficient (Wildman–Crippen LogP) is 2.48. The SMILES string of the molecule is O=C(NCC1CCCO1)c1ccn(COc2ccc(Cl)cc2)n1. The van der Waals surface area contributed by atoms with E-state index in [-0.39, 0.29) is 18.7 Å². The van der Waals surface area contributed by atoms with E-state index in [9.17, 15) is 4.79 Å². The van der Waals surface area contributed by atoms with Gasteiger partial charge in [-0.25, -0.2) is 4.68 Å². The van der Waals surface area contributed by atoms with Gasteiger partial charge in [-0.05, 0) is 43.2 Å². The predicted molar refractivity (Wildman–Crippen MR) is 85.6 cm³/mol. The summed E-state index contributed by atoms with van der Waals surface area (Å²) in [5, 5.41) is 7.69. The normalized spacial score (nSPS) is 17.2. The maximum absolute atomic E-state index is 12.0. The van der Waals surface area contributed by atoms with Gasteiger partial charge in [-0.15, -0.1) is 0 Å². The van der Waals surface area contributed by atoms with E-state index in [1.54, 1.807) is 41.2 Å². The largest absolute Gasteiger partial charge is 0.471 e. The van der Waals surface area contributed by atoms with Crippen molar-refractivity contribution in [3.8, 4) is 5.75 Å². The third kappa shape index (κ3) is 4.46. The fourth-order valence-electron chi connectivity index (χ4n) is 2.33. The molecule has 3 rings (SSSR count). The molecular weight excluding hydrogens is 318 g/mol. The Hall–Kier alpha value is -2.05. The number of benzene rings is 1. The van der Waals surface area contributed by atoms with Crippen molar-refractivity contribution in [2.24, 2.45) is 0 Å². The molecule has 2 aromatic rings. The van der Waals surface area contributed by atoms with Crippen molar-refractivity contribution < 1.29 is 14.3 Å². The van der Waals surface area contributed by atoms with E-state index < -0.39 is 0 Å². The first-order chi connectivity index (χ1) is 11.2. The Bertz CT molecular complexity index is 651. The minimum absolute atomic E-state index is 0.120. The smallest absolute Gasteiger partial charge is 0.271 e. The highest BCUT2D eigenvalue weighted by Crippen LogP contribution is 2.16. The van der Waals surface area contributed by atoms with Gasteiger partial charge in [-0.1, -0.05) is 11.6 Å². The number of hydrogen-bond acceptors (Lipinski definition) is 4. The Balaban J connectivity index is 1.48. The zero-order valence-corrected chi connectivity index (χ0v) is 13.3. The summed E-state index contributed by atoms with van der Waals surface area (Å²) in [5.41, 5.74) is 0.364. The van der Waals surface area contributed by atoms with Crippen LogP contribution in [0.15, 0.2) is 36.5 Å². The summed E-state index contributed by atoms with van der Waals surface area (Å²) in [4.78, 5) is 12.0. The lowest BCUT2D eigenvalue weighted by Gasteiger charge is -2.09. The third-order valence-electron chi connectivity index (χ3n) is 3.56. The van der Waals surface area contributed by atoms with Crippen LogP contribution in [0.25, 0.3) is 0 Å². The van der Waals surface area contributed by atoms with E-state index in [4.69, 9.17) is 21.1 Å². The van der Waals surface area contributed by atoms with E-state index in [1.165, 1.54) is 0 Å². The summed E-state index contributed by atoms with van der Waals surface area (Å²) in [6, 6.07) is 8.73. The fraction of sp³-hybridized carbons (Fsp3) is 0.375. The Labute approximate surface area is 139 Å². The molecule has 0 bridgehead atoms. The molecule has 1 aliphatic rings. The Kier molecular flexibility index (Phi) is 5.15. The molecule has 0 spiro atoms. The molecule has 2 heterocycles. The minimum Gasteiger partial charge on any atom is -0.471 e. The second-order valence-electron chi connectivity index (χ2n) is 5.31. The quantitative estimate of drug-likeness (QED) is 0.880. The number of halogens is 1. The molecule has 122 valence electrons. The summed E-state index contributed by atoms with van der Waals surface area (Å²) in [7, 11) is 0.